The van der Waals surface area contributed by atoms with E-state index in [1.165, 1.54) is 24.8 Å². The van der Waals surface area contributed by atoms with E-state index >= 15 is 0 Å². The van der Waals surface area contributed by atoms with Gasteiger partial charge in [-0.3, -0.25) is 0 Å². The molecule has 2 fully saturated rings. The Morgan fingerprint density at radius 3 is 2.22 bits per heavy atom. The Hall–Kier alpha value is -1.55. The summed E-state index contributed by atoms with van der Waals surface area (Å²) in [6, 6.07) is 10.3. The quantitative estimate of drug-likeness (QED) is 0.860. The van der Waals surface area contributed by atoms with Crippen LogP contribution in [0.5, 0.6) is 0 Å². The van der Waals surface area contributed by atoms with Crippen LogP contribution in [-0.2, 0) is 11.3 Å². The van der Waals surface area contributed by atoms with E-state index in [2.05, 4.69) is 34.9 Å². The molecule has 0 spiro atoms. The van der Waals surface area contributed by atoms with Crippen molar-refractivity contribution >= 4 is 6.03 Å². The number of hydrogen-bond acceptors (Lipinski definition) is 2. The zero-order chi connectivity index (χ0) is 12.6. The maximum Gasteiger partial charge on any atom is 0.314 e. The average Bonchev–Trinajstić information content (AvgIpc) is 2.81. The van der Waals surface area contributed by atoms with Gasteiger partial charge in [-0.25, -0.2) is 4.79 Å². The lowest BCUT2D eigenvalue weighted by atomic mass is 9.96. The molecule has 2 amide bonds. The van der Waals surface area contributed by atoms with Gasteiger partial charge in [0.1, 0.15) is 0 Å². The fraction of sp³-hybridized carbons (Fsp3) is 0.500. The highest BCUT2D eigenvalue weighted by Crippen LogP contribution is 2.22. The highest BCUT2D eigenvalue weighted by atomic mass is 16.5. The molecule has 1 saturated carbocycles. The molecule has 1 aromatic carbocycles. The molecule has 0 aromatic heterocycles. The maximum atomic E-state index is 10.0. The third-order valence-corrected chi connectivity index (χ3v) is 3.08. The van der Waals surface area contributed by atoms with E-state index in [4.69, 9.17) is 4.74 Å². The van der Waals surface area contributed by atoms with E-state index in [0.717, 1.165) is 19.7 Å². The van der Waals surface area contributed by atoms with Crippen molar-refractivity contribution in [1.82, 2.24) is 10.6 Å². The smallest absolute Gasteiger partial charge is 0.314 e. The summed E-state index contributed by atoms with van der Waals surface area (Å²) in [5.74, 6) is 0. The zero-order valence-corrected chi connectivity index (χ0v) is 10.5. The molecular weight excluding hydrogens is 228 g/mol. The molecule has 1 aliphatic heterocycles. The van der Waals surface area contributed by atoms with Crippen molar-refractivity contribution in [3.63, 3.8) is 0 Å². The van der Waals surface area contributed by atoms with Gasteiger partial charge in [0.15, 0.2) is 0 Å². The highest BCUT2D eigenvalue weighted by Gasteiger charge is 2.17. The fourth-order valence-corrected chi connectivity index (χ4v) is 1.74. The van der Waals surface area contributed by atoms with E-state index in [0.29, 0.717) is 6.10 Å². The van der Waals surface area contributed by atoms with Gasteiger partial charge in [-0.2, -0.15) is 0 Å². The average molecular weight is 248 g/mol. The molecule has 1 aliphatic carbocycles. The molecule has 18 heavy (non-hydrogen) atoms. The summed E-state index contributed by atoms with van der Waals surface area (Å²) in [5.41, 5.74) is 1.28. The van der Waals surface area contributed by atoms with Gasteiger partial charge >= 0.3 is 6.03 Å². The van der Waals surface area contributed by atoms with Crippen LogP contribution in [0.1, 0.15) is 24.8 Å². The molecule has 0 radical (unpaired) electrons. The van der Waals surface area contributed by atoms with Gasteiger partial charge in [0.2, 0.25) is 0 Å². The summed E-state index contributed by atoms with van der Waals surface area (Å²) in [6.45, 7) is 2.34. The first-order chi connectivity index (χ1) is 8.84. The number of ether oxygens (including phenoxy) is 1. The molecule has 4 nitrogen and oxygen atoms in total. The van der Waals surface area contributed by atoms with Crippen molar-refractivity contribution in [1.29, 1.82) is 0 Å². The van der Waals surface area contributed by atoms with Crippen molar-refractivity contribution in [2.45, 2.75) is 32.0 Å². The summed E-state index contributed by atoms with van der Waals surface area (Å²) in [4.78, 5) is 10.0. The molecule has 3 rings (SSSR count). The number of rotatable bonds is 3. The number of benzene rings is 1. The Bertz CT molecular complexity index is 355. The zero-order valence-electron chi connectivity index (χ0n) is 10.5. The summed E-state index contributed by atoms with van der Waals surface area (Å²) in [5, 5.41) is 5.14. The molecule has 98 valence electrons. The van der Waals surface area contributed by atoms with Crippen LogP contribution in [-0.4, -0.2) is 25.2 Å². The maximum absolute atomic E-state index is 10.0. The Morgan fingerprint density at radius 2 is 1.78 bits per heavy atom. The highest BCUT2D eigenvalue weighted by molar-refractivity contribution is 5.75. The van der Waals surface area contributed by atoms with Gasteiger partial charge in [-0.15, -0.1) is 0 Å². The van der Waals surface area contributed by atoms with Gasteiger partial charge in [0.05, 0.1) is 12.7 Å². The van der Waals surface area contributed by atoms with E-state index < -0.39 is 0 Å². The Morgan fingerprint density at radius 1 is 1.11 bits per heavy atom. The second-order valence-corrected chi connectivity index (χ2v) is 4.53. The predicted molar refractivity (Wildman–Crippen MR) is 70.3 cm³/mol. The van der Waals surface area contributed by atoms with Crippen LogP contribution in [0.25, 0.3) is 0 Å². The topological polar surface area (TPSA) is 50.4 Å². The van der Waals surface area contributed by atoms with E-state index in [-0.39, 0.29) is 6.03 Å². The van der Waals surface area contributed by atoms with Crippen molar-refractivity contribution in [2.24, 2.45) is 0 Å². The van der Waals surface area contributed by atoms with Crippen LogP contribution in [0.3, 0.4) is 0 Å². The van der Waals surface area contributed by atoms with Crippen LogP contribution >= 0.6 is 0 Å². The lowest BCUT2D eigenvalue weighted by Gasteiger charge is -2.25. The normalized spacial score (nSPS) is 18.1. The van der Waals surface area contributed by atoms with Gasteiger partial charge in [-0.05, 0) is 24.8 Å². The van der Waals surface area contributed by atoms with Crippen molar-refractivity contribution in [3.8, 4) is 0 Å². The largest absolute Gasteiger partial charge is 0.374 e. The summed E-state index contributed by atoms with van der Waals surface area (Å²) in [6.07, 6.45) is 4.41. The minimum Gasteiger partial charge on any atom is -0.374 e. The number of hydrogen-bond donors (Lipinski definition) is 2. The molecule has 0 atom stereocenters. The van der Waals surface area contributed by atoms with Crippen LogP contribution in [0.2, 0.25) is 0 Å². The molecule has 0 bridgehead atoms. The molecule has 2 aliphatic rings. The molecule has 1 saturated heterocycles. The minimum atomic E-state index is -0.0463. The molecule has 4 heteroatoms. The fourth-order valence-electron chi connectivity index (χ4n) is 1.74. The first kappa shape index (κ1) is 12.9. The third-order valence-electron chi connectivity index (χ3n) is 3.08. The third kappa shape index (κ3) is 4.37. The van der Waals surface area contributed by atoms with Crippen molar-refractivity contribution in [3.05, 3.63) is 35.9 Å². The van der Waals surface area contributed by atoms with E-state index in [1.807, 2.05) is 6.07 Å². The lowest BCUT2D eigenvalue weighted by Crippen LogP contribution is -2.21. The number of nitrogens with one attached hydrogen (secondary N) is 2. The monoisotopic (exact) mass is 248 g/mol. The summed E-state index contributed by atoms with van der Waals surface area (Å²) in [7, 11) is 0. The molecule has 1 aromatic rings. The van der Waals surface area contributed by atoms with Crippen LogP contribution < -0.4 is 10.6 Å². The number of amides is 2. The first-order valence-electron chi connectivity index (χ1n) is 6.52. The van der Waals surface area contributed by atoms with Gasteiger partial charge < -0.3 is 15.4 Å². The Kier molecular flexibility index (Phi) is 5.02. The van der Waals surface area contributed by atoms with Crippen LogP contribution in [0, 0.1) is 0 Å². The second kappa shape index (κ2) is 7.01. The summed E-state index contributed by atoms with van der Waals surface area (Å²) >= 11 is 0. The molecule has 0 unspecified atom stereocenters. The first-order valence-corrected chi connectivity index (χ1v) is 6.52. The van der Waals surface area contributed by atoms with E-state index in [1.54, 1.807) is 0 Å². The lowest BCUT2D eigenvalue weighted by molar-refractivity contribution is -0.00866. The summed E-state index contributed by atoms with van der Waals surface area (Å²) < 4.78 is 5.66. The SMILES string of the molecule is O=C1NCCN1.c1ccc(COC2CCC2)cc1. The number of urea groups is 1. The molecule has 1 heterocycles. The number of carbonyl (C=O) groups excluding carboxylic acids is 1. The molecule has 2 N–H and O–H groups in total. The number of carbonyl (C=O) groups is 1. The van der Waals surface area contributed by atoms with Gasteiger partial charge in [-0.1, -0.05) is 30.3 Å². The molecular formula is C14H20N2O2. The van der Waals surface area contributed by atoms with Crippen LogP contribution in [0.15, 0.2) is 30.3 Å². The Labute approximate surface area is 108 Å². The van der Waals surface area contributed by atoms with Crippen LogP contribution in [0.4, 0.5) is 4.79 Å². The van der Waals surface area contributed by atoms with Gasteiger partial charge in [0, 0.05) is 13.1 Å². The van der Waals surface area contributed by atoms with Crippen molar-refractivity contribution < 1.29 is 9.53 Å². The van der Waals surface area contributed by atoms with Gasteiger partial charge in [0.25, 0.3) is 0 Å². The Balaban J connectivity index is 0.000000169. The predicted octanol–water partition coefficient (Wildman–Crippen LogP) is 2.05. The van der Waals surface area contributed by atoms with Crippen molar-refractivity contribution in [2.75, 3.05) is 13.1 Å². The van der Waals surface area contributed by atoms with E-state index in [9.17, 15) is 4.79 Å². The standard InChI is InChI=1S/C11H14O.C3H6N2O/c1-2-5-10(6-3-1)9-12-11-7-4-8-11;6-3-4-1-2-5-3/h1-3,5-6,11H,4,7-9H2;1-2H2,(H2,4,5,6). The minimum absolute atomic E-state index is 0.0463. The second-order valence-electron chi connectivity index (χ2n) is 4.53.